The van der Waals surface area contributed by atoms with Crippen LogP contribution in [0.2, 0.25) is 0 Å². The average molecular weight is 247 g/mol. The molecule has 0 saturated carbocycles. The van der Waals surface area contributed by atoms with E-state index in [4.69, 9.17) is 0 Å². The van der Waals surface area contributed by atoms with E-state index in [9.17, 15) is 4.79 Å². The summed E-state index contributed by atoms with van der Waals surface area (Å²) in [5, 5.41) is 0. The highest BCUT2D eigenvalue weighted by molar-refractivity contribution is 7.80. The maximum atomic E-state index is 11.9. The van der Waals surface area contributed by atoms with Gasteiger partial charge in [-0.25, -0.2) is 0 Å². The predicted molar refractivity (Wildman–Crippen MR) is 73.0 cm³/mol. The Morgan fingerprint density at radius 2 is 1.94 bits per heavy atom. The Labute approximate surface area is 107 Å². The van der Waals surface area contributed by atoms with Gasteiger partial charge in [0.1, 0.15) is 0 Å². The number of hydrogen-bond donors (Lipinski definition) is 1. The van der Waals surface area contributed by atoms with Gasteiger partial charge in [0.25, 0.3) is 0 Å². The van der Waals surface area contributed by atoms with E-state index >= 15 is 0 Å². The fraction of sp³-hybridized carbons (Fsp3) is 0.500. The van der Waals surface area contributed by atoms with Crippen molar-refractivity contribution in [2.75, 3.05) is 17.2 Å². The van der Waals surface area contributed by atoms with Crippen molar-refractivity contribution in [3.63, 3.8) is 0 Å². The lowest BCUT2D eigenvalue weighted by molar-refractivity contribution is -0.119. The maximum Gasteiger partial charge on any atom is 0.227 e. The quantitative estimate of drug-likeness (QED) is 0.796. The highest BCUT2D eigenvalue weighted by Crippen LogP contribution is 2.36. The van der Waals surface area contributed by atoms with Gasteiger partial charge in [0, 0.05) is 13.0 Å². The first kappa shape index (κ1) is 11.1. The van der Waals surface area contributed by atoms with Gasteiger partial charge in [0.2, 0.25) is 5.91 Å². The Hall–Kier alpha value is -0.960. The molecule has 0 aromatic heterocycles. The zero-order valence-electron chi connectivity index (χ0n) is 9.91. The van der Waals surface area contributed by atoms with Crippen LogP contribution in [0.1, 0.15) is 29.5 Å². The molecule has 1 amide bonds. The van der Waals surface area contributed by atoms with Gasteiger partial charge in [-0.1, -0.05) is 12.1 Å². The molecule has 90 valence electrons. The molecule has 1 aromatic rings. The van der Waals surface area contributed by atoms with Crippen LogP contribution < -0.4 is 4.90 Å². The molecular formula is C14H17NOS. The summed E-state index contributed by atoms with van der Waals surface area (Å²) in [6.45, 7) is 0.907. The van der Waals surface area contributed by atoms with Crippen molar-refractivity contribution in [1.82, 2.24) is 0 Å². The minimum Gasteiger partial charge on any atom is -0.312 e. The van der Waals surface area contributed by atoms with Crippen molar-refractivity contribution >= 4 is 24.2 Å². The number of anilines is 1. The average Bonchev–Trinajstić information content (AvgIpc) is 2.34. The van der Waals surface area contributed by atoms with E-state index in [-0.39, 0.29) is 0 Å². The standard InChI is InChI=1S/C14H17NOS/c16-13-4-3-12-9-10(5-7-17)8-11-2-1-6-15(13)14(11)12/h8-9,17H,1-7H2. The number of carbonyl (C=O) groups excluding carboxylic acids is 1. The zero-order chi connectivity index (χ0) is 11.8. The Bertz CT molecular complexity index is 452. The molecule has 0 saturated heterocycles. The molecule has 0 fully saturated rings. The smallest absolute Gasteiger partial charge is 0.227 e. The highest BCUT2D eigenvalue weighted by atomic mass is 32.1. The van der Waals surface area contributed by atoms with Crippen molar-refractivity contribution in [1.29, 1.82) is 0 Å². The number of nitrogens with zero attached hydrogens (tertiary/aromatic N) is 1. The molecule has 1 aromatic carbocycles. The summed E-state index contributed by atoms with van der Waals surface area (Å²) in [6, 6.07) is 4.56. The zero-order valence-corrected chi connectivity index (χ0v) is 10.8. The van der Waals surface area contributed by atoms with E-state index in [1.807, 2.05) is 4.90 Å². The number of carbonyl (C=O) groups is 1. The summed E-state index contributed by atoms with van der Waals surface area (Å²) >= 11 is 4.30. The summed E-state index contributed by atoms with van der Waals surface area (Å²) in [5.41, 5.74) is 5.36. The fourth-order valence-corrected chi connectivity index (χ4v) is 3.26. The van der Waals surface area contributed by atoms with Crippen molar-refractivity contribution in [2.45, 2.75) is 32.1 Å². The Balaban J connectivity index is 2.10. The SMILES string of the molecule is O=C1CCc2cc(CCS)cc3c2N1CCC3. The monoisotopic (exact) mass is 247 g/mol. The summed E-state index contributed by atoms with van der Waals surface area (Å²) in [7, 11) is 0. The Morgan fingerprint density at radius 1 is 1.18 bits per heavy atom. The van der Waals surface area contributed by atoms with Crippen molar-refractivity contribution < 1.29 is 4.79 Å². The van der Waals surface area contributed by atoms with E-state index in [0.717, 1.165) is 38.0 Å². The maximum absolute atomic E-state index is 11.9. The summed E-state index contributed by atoms with van der Waals surface area (Å²) in [5.74, 6) is 1.20. The molecule has 0 spiro atoms. The van der Waals surface area contributed by atoms with Gasteiger partial charge < -0.3 is 4.90 Å². The van der Waals surface area contributed by atoms with Gasteiger partial charge in [-0.05, 0) is 48.1 Å². The fourth-order valence-electron chi connectivity index (χ4n) is 3.00. The van der Waals surface area contributed by atoms with Crippen molar-refractivity contribution in [3.8, 4) is 0 Å². The molecule has 2 nitrogen and oxygen atoms in total. The van der Waals surface area contributed by atoms with Gasteiger partial charge in [0.15, 0.2) is 0 Å². The largest absolute Gasteiger partial charge is 0.312 e. The first-order valence-electron chi connectivity index (χ1n) is 6.35. The van der Waals surface area contributed by atoms with Crippen LogP contribution in [0.25, 0.3) is 0 Å². The molecule has 0 radical (unpaired) electrons. The normalized spacial score (nSPS) is 18.2. The third-order valence-corrected chi connectivity index (χ3v) is 3.96. The van der Waals surface area contributed by atoms with Crippen LogP contribution in [0.15, 0.2) is 12.1 Å². The third kappa shape index (κ3) is 1.86. The summed E-state index contributed by atoms with van der Waals surface area (Å²) in [4.78, 5) is 13.9. The molecule has 2 aliphatic rings. The number of thiol groups is 1. The van der Waals surface area contributed by atoms with Crippen molar-refractivity contribution in [3.05, 3.63) is 28.8 Å². The van der Waals surface area contributed by atoms with Crippen LogP contribution in [0.4, 0.5) is 5.69 Å². The molecule has 3 heteroatoms. The minimum absolute atomic E-state index is 0.306. The number of hydrogen-bond acceptors (Lipinski definition) is 2. The predicted octanol–water partition coefficient (Wildman–Crippen LogP) is 2.38. The van der Waals surface area contributed by atoms with Crippen LogP contribution in [0.3, 0.4) is 0 Å². The molecule has 2 heterocycles. The van der Waals surface area contributed by atoms with Crippen LogP contribution in [0, 0.1) is 0 Å². The molecule has 0 atom stereocenters. The van der Waals surface area contributed by atoms with Crippen molar-refractivity contribution in [2.24, 2.45) is 0 Å². The summed E-state index contributed by atoms with van der Waals surface area (Å²) in [6.07, 6.45) is 4.83. The summed E-state index contributed by atoms with van der Waals surface area (Å²) < 4.78 is 0. The second-order valence-electron chi connectivity index (χ2n) is 4.89. The number of rotatable bonds is 2. The molecule has 17 heavy (non-hydrogen) atoms. The highest BCUT2D eigenvalue weighted by Gasteiger charge is 2.29. The minimum atomic E-state index is 0.306. The topological polar surface area (TPSA) is 20.3 Å². The van der Waals surface area contributed by atoms with E-state index in [2.05, 4.69) is 24.8 Å². The Kier molecular flexibility index (Phi) is 2.87. The van der Waals surface area contributed by atoms with E-state index in [1.165, 1.54) is 22.4 Å². The molecule has 0 unspecified atom stereocenters. The first-order chi connectivity index (χ1) is 8.29. The lowest BCUT2D eigenvalue weighted by Crippen LogP contribution is -2.39. The van der Waals surface area contributed by atoms with Gasteiger partial charge >= 0.3 is 0 Å². The van der Waals surface area contributed by atoms with E-state index < -0.39 is 0 Å². The number of amides is 1. The van der Waals surface area contributed by atoms with Crippen LogP contribution >= 0.6 is 12.6 Å². The number of benzene rings is 1. The first-order valence-corrected chi connectivity index (χ1v) is 6.99. The van der Waals surface area contributed by atoms with Crippen LogP contribution in [-0.2, 0) is 24.1 Å². The van der Waals surface area contributed by atoms with Crippen LogP contribution in [-0.4, -0.2) is 18.2 Å². The molecule has 0 aliphatic carbocycles. The van der Waals surface area contributed by atoms with Gasteiger partial charge in [0.05, 0.1) is 5.69 Å². The lowest BCUT2D eigenvalue weighted by Gasteiger charge is -2.35. The lowest BCUT2D eigenvalue weighted by atomic mass is 9.89. The molecule has 3 rings (SSSR count). The second kappa shape index (κ2) is 4.37. The second-order valence-corrected chi connectivity index (χ2v) is 5.33. The van der Waals surface area contributed by atoms with Gasteiger partial charge in [-0.3, -0.25) is 4.79 Å². The van der Waals surface area contributed by atoms with Gasteiger partial charge in [-0.2, -0.15) is 12.6 Å². The van der Waals surface area contributed by atoms with Crippen LogP contribution in [0.5, 0.6) is 0 Å². The van der Waals surface area contributed by atoms with Gasteiger partial charge in [-0.15, -0.1) is 0 Å². The third-order valence-electron chi connectivity index (χ3n) is 3.74. The molecule has 0 N–H and O–H groups in total. The Morgan fingerprint density at radius 3 is 2.71 bits per heavy atom. The molecular weight excluding hydrogens is 230 g/mol. The molecule has 0 bridgehead atoms. The molecule has 2 aliphatic heterocycles. The van der Waals surface area contributed by atoms with E-state index in [1.54, 1.807) is 0 Å². The van der Waals surface area contributed by atoms with E-state index in [0.29, 0.717) is 12.3 Å². The number of aryl methyl sites for hydroxylation is 3.